The Morgan fingerprint density at radius 3 is 2.76 bits per heavy atom. The van der Waals surface area contributed by atoms with Gasteiger partial charge in [-0.25, -0.2) is 0 Å². The predicted molar refractivity (Wildman–Crippen MR) is 67.8 cm³/mol. The molecule has 2 aliphatic rings. The number of benzene rings is 1. The third-order valence-electron chi connectivity index (χ3n) is 3.73. The first-order valence-electron chi connectivity index (χ1n) is 6.41. The summed E-state index contributed by atoms with van der Waals surface area (Å²) in [6.07, 6.45) is 3.75. The molecule has 2 aliphatic heterocycles. The van der Waals surface area contributed by atoms with Crippen molar-refractivity contribution >= 4 is 5.84 Å². The molecular weight excluding hydrogens is 212 g/mol. The fraction of sp³-hybridized carbons (Fsp3) is 0.500. The molecule has 0 radical (unpaired) electrons. The van der Waals surface area contributed by atoms with Gasteiger partial charge in [-0.2, -0.15) is 0 Å². The van der Waals surface area contributed by atoms with Crippen molar-refractivity contribution in [1.29, 1.82) is 5.41 Å². The Morgan fingerprint density at radius 2 is 1.94 bits per heavy atom. The standard InChI is InChI=1S/C14H18N2O/c15-14(16-8-4-1-5-9-16)12-10-17-13-7-3-2-6-11(12)13/h2-3,6-7,12,15H,1,4-5,8-10H2. The van der Waals surface area contributed by atoms with Crippen molar-refractivity contribution in [2.24, 2.45) is 0 Å². The van der Waals surface area contributed by atoms with Gasteiger partial charge in [-0.15, -0.1) is 0 Å². The van der Waals surface area contributed by atoms with Gasteiger partial charge in [0.2, 0.25) is 0 Å². The maximum atomic E-state index is 8.36. The van der Waals surface area contributed by atoms with Crippen LogP contribution >= 0.6 is 0 Å². The SMILES string of the molecule is N=C(C1COc2ccccc21)N1CCCCC1. The number of rotatable bonds is 1. The molecule has 0 saturated carbocycles. The molecule has 1 N–H and O–H groups in total. The van der Waals surface area contributed by atoms with Crippen LogP contribution in [0.15, 0.2) is 24.3 Å². The minimum absolute atomic E-state index is 0.143. The number of hydrogen-bond acceptors (Lipinski definition) is 2. The molecule has 1 unspecified atom stereocenters. The molecule has 0 aromatic heterocycles. The van der Waals surface area contributed by atoms with Gasteiger partial charge in [0.15, 0.2) is 0 Å². The van der Waals surface area contributed by atoms with Crippen molar-refractivity contribution in [3.8, 4) is 5.75 Å². The fourth-order valence-corrected chi connectivity index (χ4v) is 2.74. The molecule has 3 rings (SSSR count). The monoisotopic (exact) mass is 230 g/mol. The van der Waals surface area contributed by atoms with Crippen molar-refractivity contribution in [1.82, 2.24) is 4.90 Å². The number of hydrogen-bond donors (Lipinski definition) is 1. The second kappa shape index (κ2) is 4.40. The van der Waals surface area contributed by atoms with Crippen LogP contribution in [-0.4, -0.2) is 30.4 Å². The van der Waals surface area contributed by atoms with Gasteiger partial charge < -0.3 is 9.64 Å². The highest BCUT2D eigenvalue weighted by atomic mass is 16.5. The lowest BCUT2D eigenvalue weighted by Gasteiger charge is -2.31. The number of para-hydroxylation sites is 1. The topological polar surface area (TPSA) is 36.3 Å². The number of nitrogens with zero attached hydrogens (tertiary/aromatic N) is 1. The Balaban J connectivity index is 1.79. The summed E-state index contributed by atoms with van der Waals surface area (Å²) >= 11 is 0. The summed E-state index contributed by atoms with van der Waals surface area (Å²) in [5.41, 5.74) is 1.18. The molecule has 3 heteroatoms. The van der Waals surface area contributed by atoms with E-state index >= 15 is 0 Å². The average molecular weight is 230 g/mol. The summed E-state index contributed by atoms with van der Waals surface area (Å²) in [5, 5.41) is 8.36. The first-order chi connectivity index (χ1) is 8.36. The average Bonchev–Trinajstić information content (AvgIpc) is 2.83. The number of nitrogens with one attached hydrogen (secondary N) is 1. The Morgan fingerprint density at radius 1 is 1.18 bits per heavy atom. The minimum atomic E-state index is 0.143. The fourth-order valence-electron chi connectivity index (χ4n) is 2.74. The van der Waals surface area contributed by atoms with E-state index in [0.29, 0.717) is 6.61 Å². The van der Waals surface area contributed by atoms with E-state index in [4.69, 9.17) is 10.1 Å². The molecule has 90 valence electrons. The van der Waals surface area contributed by atoms with E-state index in [1.54, 1.807) is 0 Å². The largest absolute Gasteiger partial charge is 0.492 e. The molecule has 1 atom stereocenters. The van der Waals surface area contributed by atoms with Crippen LogP contribution in [0.4, 0.5) is 0 Å². The van der Waals surface area contributed by atoms with Crippen LogP contribution in [0.2, 0.25) is 0 Å². The lowest BCUT2D eigenvalue weighted by atomic mass is 9.98. The number of fused-ring (bicyclic) bond motifs is 1. The van der Waals surface area contributed by atoms with Gasteiger partial charge in [0.1, 0.15) is 18.2 Å². The van der Waals surface area contributed by atoms with E-state index in [1.807, 2.05) is 18.2 Å². The highest BCUT2D eigenvalue weighted by Gasteiger charge is 2.30. The lowest BCUT2D eigenvalue weighted by molar-refractivity contribution is 0.310. The number of piperidine rings is 1. The summed E-state index contributed by atoms with van der Waals surface area (Å²) in [6.45, 7) is 2.71. The van der Waals surface area contributed by atoms with Crippen LogP contribution in [-0.2, 0) is 0 Å². The lowest BCUT2D eigenvalue weighted by Crippen LogP contribution is -2.38. The summed E-state index contributed by atoms with van der Waals surface area (Å²) in [7, 11) is 0. The third-order valence-corrected chi connectivity index (χ3v) is 3.73. The van der Waals surface area contributed by atoms with Crippen LogP contribution in [0.5, 0.6) is 5.75 Å². The Labute approximate surface area is 102 Å². The summed E-state index contributed by atoms with van der Waals surface area (Å²) in [4.78, 5) is 2.22. The maximum Gasteiger partial charge on any atom is 0.123 e. The quantitative estimate of drug-likeness (QED) is 0.594. The van der Waals surface area contributed by atoms with E-state index in [9.17, 15) is 0 Å². The van der Waals surface area contributed by atoms with Gasteiger partial charge >= 0.3 is 0 Å². The van der Waals surface area contributed by atoms with Crippen molar-refractivity contribution in [3.05, 3.63) is 29.8 Å². The Bertz CT molecular complexity index is 424. The zero-order valence-electron chi connectivity index (χ0n) is 9.98. The van der Waals surface area contributed by atoms with Crippen LogP contribution in [0, 0.1) is 5.41 Å². The zero-order chi connectivity index (χ0) is 11.7. The molecular formula is C14H18N2O. The van der Waals surface area contributed by atoms with Gasteiger partial charge in [0.05, 0.1) is 5.92 Å². The minimum Gasteiger partial charge on any atom is -0.492 e. The summed E-state index contributed by atoms with van der Waals surface area (Å²) in [5.74, 6) is 1.85. The van der Waals surface area contributed by atoms with Gasteiger partial charge in [0, 0.05) is 18.7 Å². The zero-order valence-corrected chi connectivity index (χ0v) is 9.98. The highest BCUT2D eigenvalue weighted by molar-refractivity contribution is 5.88. The smallest absolute Gasteiger partial charge is 0.123 e. The van der Waals surface area contributed by atoms with Gasteiger partial charge in [-0.1, -0.05) is 18.2 Å². The highest BCUT2D eigenvalue weighted by Crippen LogP contribution is 2.35. The molecule has 2 heterocycles. The Kier molecular flexibility index (Phi) is 2.75. The third kappa shape index (κ3) is 1.90. The number of amidine groups is 1. The van der Waals surface area contributed by atoms with Crippen LogP contribution in [0.25, 0.3) is 0 Å². The van der Waals surface area contributed by atoms with Crippen LogP contribution in [0.3, 0.4) is 0 Å². The van der Waals surface area contributed by atoms with Crippen molar-refractivity contribution in [3.63, 3.8) is 0 Å². The molecule has 1 aromatic rings. The first kappa shape index (κ1) is 10.6. The van der Waals surface area contributed by atoms with Crippen LogP contribution in [0.1, 0.15) is 30.7 Å². The molecule has 0 spiro atoms. The molecule has 1 saturated heterocycles. The van der Waals surface area contributed by atoms with Gasteiger partial charge in [0.25, 0.3) is 0 Å². The Hall–Kier alpha value is -1.51. The molecule has 17 heavy (non-hydrogen) atoms. The molecule has 0 amide bonds. The first-order valence-corrected chi connectivity index (χ1v) is 6.41. The van der Waals surface area contributed by atoms with Crippen molar-refractivity contribution in [2.75, 3.05) is 19.7 Å². The maximum absolute atomic E-state index is 8.36. The van der Waals surface area contributed by atoms with E-state index in [-0.39, 0.29) is 5.92 Å². The van der Waals surface area contributed by atoms with Crippen molar-refractivity contribution < 1.29 is 4.74 Å². The van der Waals surface area contributed by atoms with E-state index < -0.39 is 0 Å². The predicted octanol–water partition coefficient (Wildman–Crippen LogP) is 2.63. The van der Waals surface area contributed by atoms with E-state index in [0.717, 1.165) is 24.7 Å². The summed E-state index contributed by atoms with van der Waals surface area (Å²) < 4.78 is 5.66. The van der Waals surface area contributed by atoms with Crippen molar-refractivity contribution in [2.45, 2.75) is 25.2 Å². The number of likely N-dealkylation sites (tertiary alicyclic amines) is 1. The van der Waals surface area contributed by atoms with Gasteiger partial charge in [-0.05, 0) is 25.3 Å². The van der Waals surface area contributed by atoms with E-state index in [2.05, 4.69) is 11.0 Å². The molecule has 3 nitrogen and oxygen atoms in total. The van der Waals surface area contributed by atoms with Crippen LogP contribution < -0.4 is 4.74 Å². The van der Waals surface area contributed by atoms with Gasteiger partial charge in [-0.3, -0.25) is 5.41 Å². The second-order valence-corrected chi connectivity index (χ2v) is 4.83. The number of ether oxygens (including phenoxy) is 1. The normalized spacial score (nSPS) is 23.1. The molecule has 0 bridgehead atoms. The molecule has 1 aromatic carbocycles. The van der Waals surface area contributed by atoms with E-state index in [1.165, 1.54) is 24.8 Å². The molecule has 1 fully saturated rings. The second-order valence-electron chi connectivity index (χ2n) is 4.83. The summed E-state index contributed by atoms with van der Waals surface area (Å²) in [6, 6.07) is 8.11. The molecule has 0 aliphatic carbocycles.